The molecule has 2 aliphatic rings. The molecule has 2 fully saturated rings. The number of imide groups is 1. The van der Waals surface area contributed by atoms with Crippen LogP contribution < -0.4 is 21.7 Å². The van der Waals surface area contributed by atoms with Crippen LogP contribution in [0.3, 0.4) is 0 Å². The summed E-state index contributed by atoms with van der Waals surface area (Å²) >= 11 is 0.841. The van der Waals surface area contributed by atoms with Crippen LogP contribution in [0.2, 0.25) is 0 Å². The molecule has 3 amide bonds. The first-order chi connectivity index (χ1) is 11.4. The van der Waals surface area contributed by atoms with E-state index in [1.165, 1.54) is 0 Å². The van der Waals surface area contributed by atoms with Crippen molar-refractivity contribution in [1.29, 1.82) is 0 Å². The largest absolute Gasteiger partial charge is 0.369 e. The minimum Gasteiger partial charge on any atom is -0.369 e. The number of amides is 3. The molecule has 1 aromatic rings. The molecule has 0 radical (unpaired) electrons. The summed E-state index contributed by atoms with van der Waals surface area (Å²) in [7, 11) is 0. The zero-order valence-electron chi connectivity index (χ0n) is 13.0. The summed E-state index contributed by atoms with van der Waals surface area (Å²) in [5.41, 5.74) is 13.3. The van der Waals surface area contributed by atoms with Gasteiger partial charge in [-0.15, -0.1) is 0 Å². The van der Waals surface area contributed by atoms with Gasteiger partial charge in [0.15, 0.2) is 0 Å². The maximum atomic E-state index is 11.8. The molecule has 0 bridgehead atoms. The monoisotopic (exact) mass is 346 g/mol. The van der Waals surface area contributed by atoms with E-state index in [1.54, 1.807) is 18.2 Å². The maximum Gasteiger partial charge on any atom is 0.290 e. The van der Waals surface area contributed by atoms with Crippen LogP contribution in [0.4, 0.5) is 10.5 Å². The van der Waals surface area contributed by atoms with E-state index in [0.29, 0.717) is 22.6 Å². The van der Waals surface area contributed by atoms with Gasteiger partial charge in [0.05, 0.1) is 4.91 Å². The topological polar surface area (TPSA) is 119 Å². The van der Waals surface area contributed by atoms with Gasteiger partial charge >= 0.3 is 0 Å². The van der Waals surface area contributed by atoms with Crippen LogP contribution in [0.1, 0.15) is 28.8 Å². The molecule has 126 valence electrons. The number of carbonyl (C=O) groups is 3. The van der Waals surface area contributed by atoms with Gasteiger partial charge in [0.25, 0.3) is 11.1 Å². The summed E-state index contributed by atoms with van der Waals surface area (Å²) in [4.78, 5) is 37.1. The Balaban J connectivity index is 2.02. The Morgan fingerprint density at radius 2 is 2.17 bits per heavy atom. The van der Waals surface area contributed by atoms with Gasteiger partial charge in [-0.2, -0.15) is 0 Å². The number of thioether (sulfide) groups is 1. The number of hydrogen-bond donors (Lipinski definition) is 3. The quantitative estimate of drug-likeness (QED) is 0.704. The van der Waals surface area contributed by atoms with Gasteiger partial charge in [-0.25, -0.2) is 0 Å². The number of primary amides is 1. The van der Waals surface area contributed by atoms with Gasteiger partial charge in [-0.05, 0) is 54.4 Å². The molecule has 24 heavy (non-hydrogen) atoms. The SMILES string of the molecule is NC(=O)c1ccc(N2CCCC(N)C2)c(C=C2SC(=O)NC2=O)c1. The summed E-state index contributed by atoms with van der Waals surface area (Å²) in [6.07, 6.45) is 3.56. The van der Waals surface area contributed by atoms with Crippen LogP contribution in [0.5, 0.6) is 0 Å². The summed E-state index contributed by atoms with van der Waals surface area (Å²) in [6, 6.07) is 5.19. The van der Waals surface area contributed by atoms with E-state index in [4.69, 9.17) is 11.5 Å². The van der Waals surface area contributed by atoms with Crippen molar-refractivity contribution < 1.29 is 14.4 Å². The maximum absolute atomic E-state index is 11.8. The van der Waals surface area contributed by atoms with Gasteiger partial charge in [-0.1, -0.05) is 0 Å². The molecule has 7 nitrogen and oxygen atoms in total. The number of nitrogens with one attached hydrogen (secondary N) is 1. The highest BCUT2D eigenvalue weighted by Gasteiger charge is 2.26. The van der Waals surface area contributed by atoms with Crippen molar-refractivity contribution >= 4 is 40.6 Å². The molecule has 0 saturated carbocycles. The first kappa shape index (κ1) is 16.5. The third kappa shape index (κ3) is 3.44. The molecule has 3 rings (SSSR count). The molecule has 1 atom stereocenters. The molecule has 5 N–H and O–H groups in total. The van der Waals surface area contributed by atoms with E-state index in [0.717, 1.165) is 36.8 Å². The van der Waals surface area contributed by atoms with E-state index in [2.05, 4.69) is 10.2 Å². The Hall–Kier alpha value is -2.32. The number of rotatable bonds is 3. The number of nitrogens with zero attached hydrogens (tertiary/aromatic N) is 1. The first-order valence-corrected chi connectivity index (χ1v) is 8.45. The van der Waals surface area contributed by atoms with Crippen LogP contribution in [0.15, 0.2) is 23.1 Å². The number of anilines is 1. The van der Waals surface area contributed by atoms with Crippen molar-refractivity contribution in [2.24, 2.45) is 11.5 Å². The summed E-state index contributed by atoms with van der Waals surface area (Å²) in [5.74, 6) is -0.980. The molecule has 1 unspecified atom stereocenters. The fraction of sp³-hybridized carbons (Fsp3) is 0.312. The highest BCUT2D eigenvalue weighted by atomic mass is 32.2. The van der Waals surface area contributed by atoms with Crippen LogP contribution in [-0.4, -0.2) is 36.2 Å². The van der Waals surface area contributed by atoms with Gasteiger partial charge in [0, 0.05) is 30.4 Å². The lowest BCUT2D eigenvalue weighted by Gasteiger charge is -2.33. The fourth-order valence-electron chi connectivity index (χ4n) is 2.90. The van der Waals surface area contributed by atoms with Crippen molar-refractivity contribution in [3.8, 4) is 0 Å². The van der Waals surface area contributed by atoms with Crippen LogP contribution >= 0.6 is 11.8 Å². The fourth-order valence-corrected chi connectivity index (χ4v) is 3.58. The lowest BCUT2D eigenvalue weighted by atomic mass is 10.0. The Morgan fingerprint density at radius 1 is 1.38 bits per heavy atom. The third-order valence-electron chi connectivity index (χ3n) is 4.04. The predicted molar refractivity (Wildman–Crippen MR) is 93.5 cm³/mol. The van der Waals surface area contributed by atoms with E-state index in [9.17, 15) is 14.4 Å². The van der Waals surface area contributed by atoms with Crippen molar-refractivity contribution in [3.05, 3.63) is 34.2 Å². The lowest BCUT2D eigenvalue weighted by Crippen LogP contribution is -2.43. The molecule has 2 saturated heterocycles. The van der Waals surface area contributed by atoms with Gasteiger partial charge in [0.1, 0.15) is 0 Å². The average Bonchev–Trinajstić information content (AvgIpc) is 2.84. The van der Waals surface area contributed by atoms with Crippen molar-refractivity contribution in [1.82, 2.24) is 5.32 Å². The van der Waals surface area contributed by atoms with Crippen LogP contribution in [0, 0.1) is 0 Å². The van der Waals surface area contributed by atoms with E-state index in [-0.39, 0.29) is 6.04 Å². The standard InChI is InChI=1S/C16H18N4O3S/c17-11-2-1-5-20(8-11)12-4-3-9(14(18)21)6-10(12)7-13-15(22)19-16(23)24-13/h3-4,6-7,11H,1-2,5,8,17H2,(H2,18,21)(H,19,22,23). The number of nitrogens with two attached hydrogens (primary N) is 2. The van der Waals surface area contributed by atoms with Gasteiger partial charge in [0.2, 0.25) is 5.91 Å². The number of hydrogen-bond acceptors (Lipinski definition) is 6. The zero-order valence-corrected chi connectivity index (χ0v) is 13.8. The summed E-state index contributed by atoms with van der Waals surface area (Å²) in [5, 5.41) is 1.82. The van der Waals surface area contributed by atoms with Crippen LogP contribution in [0.25, 0.3) is 6.08 Å². The zero-order chi connectivity index (χ0) is 17.3. The summed E-state index contributed by atoms with van der Waals surface area (Å²) in [6.45, 7) is 1.54. The highest BCUT2D eigenvalue weighted by molar-refractivity contribution is 8.18. The molecule has 0 spiro atoms. The Morgan fingerprint density at radius 3 is 2.79 bits per heavy atom. The second-order valence-electron chi connectivity index (χ2n) is 5.84. The molecule has 2 heterocycles. The normalized spacial score (nSPS) is 22.8. The Labute approximate surface area is 143 Å². The van der Waals surface area contributed by atoms with E-state index in [1.807, 2.05) is 6.07 Å². The molecular formula is C16H18N4O3S. The third-order valence-corrected chi connectivity index (χ3v) is 4.85. The summed E-state index contributed by atoms with van der Waals surface area (Å²) < 4.78 is 0. The molecule has 2 aliphatic heterocycles. The Bertz CT molecular complexity index is 747. The van der Waals surface area contributed by atoms with Crippen molar-refractivity contribution in [2.45, 2.75) is 18.9 Å². The molecular weight excluding hydrogens is 328 g/mol. The Kier molecular flexibility index (Phi) is 4.59. The molecule has 0 aromatic heterocycles. The number of carbonyl (C=O) groups excluding carboxylic acids is 3. The minimum absolute atomic E-state index is 0.0841. The van der Waals surface area contributed by atoms with Crippen LogP contribution in [-0.2, 0) is 4.79 Å². The van der Waals surface area contributed by atoms with Gasteiger partial charge in [-0.3, -0.25) is 19.7 Å². The lowest BCUT2D eigenvalue weighted by molar-refractivity contribution is -0.115. The van der Waals surface area contributed by atoms with Crippen molar-refractivity contribution in [3.63, 3.8) is 0 Å². The second-order valence-corrected chi connectivity index (χ2v) is 6.85. The first-order valence-electron chi connectivity index (χ1n) is 7.63. The molecule has 0 aliphatic carbocycles. The second kappa shape index (κ2) is 6.66. The van der Waals surface area contributed by atoms with Gasteiger partial charge < -0.3 is 16.4 Å². The number of benzene rings is 1. The smallest absolute Gasteiger partial charge is 0.290 e. The molecule has 8 heteroatoms. The number of piperidine rings is 1. The van der Waals surface area contributed by atoms with E-state index < -0.39 is 17.1 Å². The minimum atomic E-state index is -0.545. The average molecular weight is 346 g/mol. The predicted octanol–water partition coefficient (Wildman–Crippen LogP) is 1.04. The van der Waals surface area contributed by atoms with E-state index >= 15 is 0 Å². The highest BCUT2D eigenvalue weighted by Crippen LogP contribution is 2.31. The van der Waals surface area contributed by atoms with Crippen molar-refractivity contribution in [2.75, 3.05) is 18.0 Å². The molecule has 1 aromatic carbocycles.